The lowest BCUT2D eigenvalue weighted by Crippen LogP contribution is -2.41. The molecule has 0 aliphatic rings. The Morgan fingerprint density at radius 1 is 1.12 bits per heavy atom. The van der Waals surface area contributed by atoms with Crippen LogP contribution in [0.3, 0.4) is 0 Å². The molecule has 0 saturated heterocycles. The molecule has 1 aromatic carbocycles. The monoisotopic (exact) mass is 378 g/mol. The molecule has 0 heterocycles. The Hall–Kier alpha value is -1.10. The van der Waals surface area contributed by atoms with Gasteiger partial charge in [0.2, 0.25) is 0 Å². The fraction of sp³-hybridized carbons (Fsp3) is 0.636. The number of rotatable bonds is 11. The maximum atomic E-state index is 6.27. The van der Waals surface area contributed by atoms with Crippen LogP contribution in [0.25, 0.3) is 0 Å². The van der Waals surface area contributed by atoms with Gasteiger partial charge in [-0.3, -0.25) is 0 Å². The van der Waals surface area contributed by atoms with E-state index in [4.69, 9.17) is 13.9 Å². The summed E-state index contributed by atoms with van der Waals surface area (Å²) in [6, 6.07) is 8.02. The van der Waals surface area contributed by atoms with E-state index >= 15 is 0 Å². The molecular formula is C22H38O3Si. The summed E-state index contributed by atoms with van der Waals surface area (Å²) in [5.41, 5.74) is 1.18. The molecule has 1 rings (SSSR count). The molecule has 0 aliphatic heterocycles. The van der Waals surface area contributed by atoms with Gasteiger partial charge in [-0.05, 0) is 54.6 Å². The van der Waals surface area contributed by atoms with Gasteiger partial charge in [0.05, 0.1) is 13.7 Å². The van der Waals surface area contributed by atoms with Crippen molar-refractivity contribution >= 4 is 8.32 Å². The Bertz CT molecular complexity index is 529. The number of hydrogen-bond acceptors (Lipinski definition) is 3. The first kappa shape index (κ1) is 22.9. The molecule has 0 amide bonds. The van der Waals surface area contributed by atoms with E-state index in [0.29, 0.717) is 12.5 Å². The number of allylic oxidation sites excluding steroid dienone is 1. The number of unbranched alkanes of at least 4 members (excludes halogenated alkanes) is 1. The van der Waals surface area contributed by atoms with Crippen LogP contribution in [0, 0.1) is 5.92 Å². The summed E-state index contributed by atoms with van der Waals surface area (Å²) in [6.07, 6.45) is 6.63. The van der Waals surface area contributed by atoms with Crippen LogP contribution in [0.5, 0.6) is 5.75 Å². The van der Waals surface area contributed by atoms with Crippen molar-refractivity contribution in [3.8, 4) is 5.75 Å². The van der Waals surface area contributed by atoms with Crippen LogP contribution in [-0.4, -0.2) is 28.6 Å². The SMILES string of the molecule is COc1ccc(COCCC/C=C/[C@@H](C)CO[Si](C)(C)C(C)(C)C)cc1. The lowest BCUT2D eigenvalue weighted by molar-refractivity contribution is 0.119. The first-order chi connectivity index (χ1) is 12.2. The second-order valence-electron chi connectivity index (χ2n) is 8.52. The molecule has 3 nitrogen and oxygen atoms in total. The Labute approximate surface area is 161 Å². The van der Waals surface area contributed by atoms with E-state index < -0.39 is 8.32 Å². The van der Waals surface area contributed by atoms with Gasteiger partial charge in [-0.1, -0.05) is 52.0 Å². The normalized spacial score (nSPS) is 14.0. The van der Waals surface area contributed by atoms with E-state index in [1.807, 2.05) is 24.3 Å². The lowest BCUT2D eigenvalue weighted by atomic mass is 10.1. The highest BCUT2D eigenvalue weighted by molar-refractivity contribution is 6.74. The lowest BCUT2D eigenvalue weighted by Gasteiger charge is -2.36. The molecular weight excluding hydrogens is 340 g/mol. The standard InChI is InChI=1S/C22H38O3Si/c1-19(17-25-26(6,7)22(2,3)4)11-9-8-10-16-24-18-20-12-14-21(23-5)15-13-20/h9,11-15,19H,8,10,16-18H2,1-7H3/b11-9+/t19-/m1/s1. The minimum Gasteiger partial charge on any atom is -0.497 e. The Balaban J connectivity index is 2.14. The Kier molecular flexibility index (Phi) is 9.62. The van der Waals surface area contributed by atoms with Crippen molar-refractivity contribution in [1.29, 1.82) is 0 Å². The number of benzene rings is 1. The summed E-state index contributed by atoms with van der Waals surface area (Å²) in [5, 5.41) is 0.275. The van der Waals surface area contributed by atoms with Gasteiger partial charge in [-0.15, -0.1) is 0 Å². The average molecular weight is 379 g/mol. The average Bonchev–Trinajstić information content (AvgIpc) is 2.58. The van der Waals surface area contributed by atoms with Crippen LogP contribution < -0.4 is 4.74 Å². The van der Waals surface area contributed by atoms with Crippen molar-refractivity contribution in [2.45, 2.75) is 65.3 Å². The molecule has 1 atom stereocenters. The molecule has 0 fully saturated rings. The molecule has 148 valence electrons. The molecule has 0 spiro atoms. The van der Waals surface area contributed by atoms with Crippen molar-refractivity contribution in [3.63, 3.8) is 0 Å². The van der Waals surface area contributed by atoms with Gasteiger partial charge in [0.25, 0.3) is 0 Å². The van der Waals surface area contributed by atoms with Gasteiger partial charge in [0.1, 0.15) is 5.75 Å². The second kappa shape index (κ2) is 10.9. The van der Waals surface area contributed by atoms with Crippen LogP contribution in [0.15, 0.2) is 36.4 Å². The van der Waals surface area contributed by atoms with Gasteiger partial charge in [-0.2, -0.15) is 0 Å². The summed E-state index contributed by atoms with van der Waals surface area (Å²) in [4.78, 5) is 0. The van der Waals surface area contributed by atoms with E-state index in [0.717, 1.165) is 31.8 Å². The van der Waals surface area contributed by atoms with Gasteiger partial charge < -0.3 is 13.9 Å². The first-order valence-electron chi connectivity index (χ1n) is 9.67. The molecule has 0 bridgehead atoms. The maximum Gasteiger partial charge on any atom is 0.192 e. The zero-order chi connectivity index (χ0) is 19.6. The van der Waals surface area contributed by atoms with E-state index in [1.54, 1.807) is 7.11 Å². The highest BCUT2D eigenvalue weighted by Crippen LogP contribution is 2.36. The summed E-state index contributed by atoms with van der Waals surface area (Å²) in [5.74, 6) is 1.34. The summed E-state index contributed by atoms with van der Waals surface area (Å²) < 4.78 is 17.2. The zero-order valence-electron chi connectivity index (χ0n) is 17.8. The highest BCUT2D eigenvalue weighted by Gasteiger charge is 2.37. The topological polar surface area (TPSA) is 27.7 Å². The van der Waals surface area contributed by atoms with Crippen LogP contribution in [0.2, 0.25) is 18.1 Å². The van der Waals surface area contributed by atoms with Gasteiger partial charge in [-0.25, -0.2) is 0 Å². The second-order valence-corrected chi connectivity index (χ2v) is 13.3. The molecule has 0 radical (unpaired) electrons. The Morgan fingerprint density at radius 2 is 1.77 bits per heavy atom. The van der Waals surface area contributed by atoms with Crippen molar-refractivity contribution in [3.05, 3.63) is 42.0 Å². The summed E-state index contributed by atoms with van der Waals surface area (Å²) in [7, 11) is 0.0470. The number of methoxy groups -OCH3 is 1. The fourth-order valence-electron chi connectivity index (χ4n) is 2.16. The van der Waals surface area contributed by atoms with Crippen molar-refractivity contribution in [1.82, 2.24) is 0 Å². The smallest absolute Gasteiger partial charge is 0.192 e. The van der Waals surface area contributed by atoms with Crippen molar-refractivity contribution in [2.24, 2.45) is 5.92 Å². The molecule has 1 aromatic rings. The molecule has 0 unspecified atom stereocenters. The molecule has 4 heteroatoms. The van der Waals surface area contributed by atoms with Gasteiger partial charge in [0.15, 0.2) is 8.32 Å². The van der Waals surface area contributed by atoms with E-state index in [2.05, 4.69) is 52.9 Å². The first-order valence-corrected chi connectivity index (χ1v) is 12.6. The number of ether oxygens (including phenoxy) is 2. The third-order valence-electron chi connectivity index (χ3n) is 5.07. The van der Waals surface area contributed by atoms with Gasteiger partial charge in [0, 0.05) is 13.2 Å². The van der Waals surface area contributed by atoms with Crippen LogP contribution in [0.1, 0.15) is 46.1 Å². The Morgan fingerprint density at radius 3 is 2.35 bits per heavy atom. The molecule has 0 aromatic heterocycles. The fourth-order valence-corrected chi connectivity index (χ4v) is 3.27. The third kappa shape index (κ3) is 8.52. The minimum atomic E-state index is -1.63. The largest absolute Gasteiger partial charge is 0.497 e. The minimum absolute atomic E-state index is 0.275. The molecule has 0 aliphatic carbocycles. The summed E-state index contributed by atoms with van der Waals surface area (Å²) in [6.45, 7) is 16.0. The zero-order valence-corrected chi connectivity index (χ0v) is 18.8. The quantitative estimate of drug-likeness (QED) is 0.260. The van der Waals surface area contributed by atoms with Crippen molar-refractivity contribution in [2.75, 3.05) is 20.3 Å². The van der Waals surface area contributed by atoms with Gasteiger partial charge >= 0.3 is 0 Å². The van der Waals surface area contributed by atoms with Crippen LogP contribution >= 0.6 is 0 Å². The van der Waals surface area contributed by atoms with Crippen LogP contribution in [-0.2, 0) is 15.8 Å². The number of hydrogen-bond donors (Lipinski definition) is 0. The maximum absolute atomic E-state index is 6.27. The van der Waals surface area contributed by atoms with E-state index in [1.165, 1.54) is 5.56 Å². The predicted molar refractivity (Wildman–Crippen MR) is 113 cm³/mol. The highest BCUT2D eigenvalue weighted by atomic mass is 28.4. The van der Waals surface area contributed by atoms with Crippen molar-refractivity contribution < 1.29 is 13.9 Å². The molecule has 0 N–H and O–H groups in total. The van der Waals surface area contributed by atoms with E-state index in [9.17, 15) is 0 Å². The summed E-state index contributed by atoms with van der Waals surface area (Å²) >= 11 is 0. The van der Waals surface area contributed by atoms with E-state index in [-0.39, 0.29) is 5.04 Å². The molecule has 0 saturated carbocycles. The van der Waals surface area contributed by atoms with Crippen LogP contribution in [0.4, 0.5) is 0 Å². The predicted octanol–water partition coefficient (Wildman–Crippen LogP) is 6.21. The molecule has 26 heavy (non-hydrogen) atoms. The third-order valence-corrected chi connectivity index (χ3v) is 9.57.